The number of hydrogen-bond donors (Lipinski definition) is 1. The molecule has 0 radical (unpaired) electrons. The number of hydrogen-bond acceptors (Lipinski definition) is 2. The van der Waals surface area contributed by atoms with E-state index in [1.165, 1.54) is 0 Å². The highest BCUT2D eigenvalue weighted by atomic mass is 19.1. The summed E-state index contributed by atoms with van der Waals surface area (Å²) in [5.74, 6) is -0.160. The van der Waals surface area contributed by atoms with E-state index >= 15 is 0 Å². The number of benzene rings is 1. The van der Waals surface area contributed by atoms with Crippen LogP contribution in [0.25, 0.3) is 0 Å². The average Bonchev–Trinajstić information content (AvgIpc) is 2.70. The van der Waals surface area contributed by atoms with Crippen molar-refractivity contribution >= 4 is 0 Å². The molecule has 1 aliphatic rings. The van der Waals surface area contributed by atoms with Crippen molar-refractivity contribution < 1.29 is 9.13 Å². The van der Waals surface area contributed by atoms with E-state index in [4.69, 9.17) is 10.5 Å². The molecule has 1 aliphatic heterocycles. The van der Waals surface area contributed by atoms with Gasteiger partial charge in [0.15, 0.2) is 0 Å². The normalized spacial score (nSPS) is 25.8. The Kier molecular flexibility index (Phi) is 3.03. The average molecular weight is 209 g/mol. The molecule has 2 atom stereocenters. The Balaban J connectivity index is 2.13. The Morgan fingerprint density at radius 3 is 2.87 bits per heavy atom. The Morgan fingerprint density at radius 2 is 2.27 bits per heavy atom. The van der Waals surface area contributed by atoms with Gasteiger partial charge in [-0.05, 0) is 37.0 Å². The van der Waals surface area contributed by atoms with Gasteiger partial charge < -0.3 is 10.5 Å². The Labute approximate surface area is 89.2 Å². The monoisotopic (exact) mass is 209 g/mol. The van der Waals surface area contributed by atoms with Gasteiger partial charge in [-0.2, -0.15) is 0 Å². The third-order valence-electron chi connectivity index (χ3n) is 2.94. The second-order valence-corrected chi connectivity index (χ2v) is 4.07. The first-order chi connectivity index (χ1) is 7.20. The molecule has 0 spiro atoms. The second kappa shape index (κ2) is 4.29. The summed E-state index contributed by atoms with van der Waals surface area (Å²) < 4.78 is 19.0. The van der Waals surface area contributed by atoms with Crippen LogP contribution in [-0.2, 0) is 4.74 Å². The van der Waals surface area contributed by atoms with Gasteiger partial charge >= 0.3 is 0 Å². The van der Waals surface area contributed by atoms with Crippen molar-refractivity contribution in [3.8, 4) is 0 Å². The summed E-state index contributed by atoms with van der Waals surface area (Å²) in [5.41, 5.74) is 7.13. The first-order valence-corrected chi connectivity index (χ1v) is 5.32. The maximum absolute atomic E-state index is 13.3. The molecule has 2 rings (SSSR count). The maximum Gasteiger partial charge on any atom is 0.126 e. The van der Waals surface area contributed by atoms with Gasteiger partial charge in [0.1, 0.15) is 5.82 Å². The van der Waals surface area contributed by atoms with Crippen LogP contribution in [0.2, 0.25) is 0 Å². The molecule has 3 heteroatoms. The lowest BCUT2D eigenvalue weighted by atomic mass is 10.0. The quantitative estimate of drug-likeness (QED) is 0.811. The molecule has 1 aromatic carbocycles. The Bertz CT molecular complexity index is 353. The molecule has 0 aliphatic carbocycles. The van der Waals surface area contributed by atoms with Crippen molar-refractivity contribution in [3.63, 3.8) is 0 Å². The van der Waals surface area contributed by atoms with Crippen LogP contribution >= 0.6 is 0 Å². The summed E-state index contributed by atoms with van der Waals surface area (Å²) in [6.45, 7) is 2.31. The minimum absolute atomic E-state index is 0.0219. The van der Waals surface area contributed by atoms with Gasteiger partial charge in [0, 0.05) is 6.54 Å². The fraction of sp³-hybridized carbons (Fsp3) is 0.500. The number of halogens is 1. The maximum atomic E-state index is 13.3. The summed E-state index contributed by atoms with van der Waals surface area (Å²) >= 11 is 0. The van der Waals surface area contributed by atoms with Gasteiger partial charge in [0.05, 0.1) is 12.2 Å². The molecule has 0 unspecified atom stereocenters. The zero-order valence-electron chi connectivity index (χ0n) is 8.87. The van der Waals surface area contributed by atoms with Crippen molar-refractivity contribution in [2.24, 2.45) is 5.73 Å². The largest absolute Gasteiger partial charge is 0.369 e. The van der Waals surface area contributed by atoms with Crippen LogP contribution in [0.4, 0.5) is 4.39 Å². The molecule has 1 fully saturated rings. The molecule has 2 nitrogen and oxygen atoms in total. The molecule has 2 N–H and O–H groups in total. The van der Waals surface area contributed by atoms with Gasteiger partial charge in [-0.25, -0.2) is 4.39 Å². The van der Waals surface area contributed by atoms with Gasteiger partial charge in [-0.15, -0.1) is 0 Å². The first-order valence-electron chi connectivity index (χ1n) is 5.32. The fourth-order valence-corrected chi connectivity index (χ4v) is 1.93. The molecule has 1 saturated heterocycles. The van der Waals surface area contributed by atoms with E-state index in [0.717, 1.165) is 18.4 Å². The smallest absolute Gasteiger partial charge is 0.126 e. The van der Waals surface area contributed by atoms with Crippen molar-refractivity contribution in [1.29, 1.82) is 0 Å². The Hall–Kier alpha value is -0.930. The predicted molar refractivity (Wildman–Crippen MR) is 57.0 cm³/mol. The zero-order chi connectivity index (χ0) is 10.8. The zero-order valence-corrected chi connectivity index (χ0v) is 8.87. The molecular weight excluding hydrogens is 193 g/mol. The molecule has 15 heavy (non-hydrogen) atoms. The lowest BCUT2D eigenvalue weighted by Crippen LogP contribution is -2.18. The van der Waals surface area contributed by atoms with Crippen LogP contribution in [-0.4, -0.2) is 12.6 Å². The minimum atomic E-state index is -0.160. The van der Waals surface area contributed by atoms with Gasteiger partial charge in [0.25, 0.3) is 0 Å². The first kappa shape index (κ1) is 10.6. The summed E-state index contributed by atoms with van der Waals surface area (Å²) in [6, 6.07) is 5.30. The fourth-order valence-electron chi connectivity index (χ4n) is 1.93. The van der Waals surface area contributed by atoms with E-state index in [-0.39, 0.29) is 18.0 Å². The lowest BCUT2D eigenvalue weighted by molar-refractivity contribution is 0.0497. The van der Waals surface area contributed by atoms with E-state index in [1.807, 2.05) is 6.07 Å². The van der Waals surface area contributed by atoms with Gasteiger partial charge in [-0.1, -0.05) is 12.1 Å². The molecule has 0 aromatic heterocycles. The van der Waals surface area contributed by atoms with Crippen LogP contribution in [0.15, 0.2) is 18.2 Å². The topological polar surface area (TPSA) is 35.2 Å². The molecule has 1 aromatic rings. The SMILES string of the molecule is Cc1ccc([C@H]2CC[C@H](CN)O2)cc1F. The summed E-state index contributed by atoms with van der Waals surface area (Å²) in [6.07, 6.45) is 2.06. The molecular formula is C12H16FNO. The molecule has 1 heterocycles. The van der Waals surface area contributed by atoms with Gasteiger partial charge in [-0.3, -0.25) is 0 Å². The van der Waals surface area contributed by atoms with E-state index in [9.17, 15) is 4.39 Å². The van der Waals surface area contributed by atoms with Gasteiger partial charge in [0.2, 0.25) is 0 Å². The van der Waals surface area contributed by atoms with Crippen molar-refractivity contribution in [2.45, 2.75) is 32.0 Å². The molecule has 0 saturated carbocycles. The number of nitrogens with two attached hydrogens (primary N) is 1. The highest BCUT2D eigenvalue weighted by molar-refractivity contribution is 5.25. The molecule has 0 amide bonds. The van der Waals surface area contributed by atoms with Crippen LogP contribution in [0.5, 0.6) is 0 Å². The van der Waals surface area contributed by atoms with E-state index in [0.29, 0.717) is 12.1 Å². The number of rotatable bonds is 2. The standard InChI is InChI=1S/C12H16FNO/c1-8-2-3-9(6-11(8)13)12-5-4-10(7-14)15-12/h2-3,6,10,12H,4-5,7,14H2,1H3/t10-,12-/m1/s1. The third kappa shape index (κ3) is 2.19. The van der Waals surface area contributed by atoms with Crippen molar-refractivity contribution in [3.05, 3.63) is 35.1 Å². The number of aryl methyl sites for hydroxylation is 1. The summed E-state index contributed by atoms with van der Waals surface area (Å²) in [7, 11) is 0. The highest BCUT2D eigenvalue weighted by Gasteiger charge is 2.25. The van der Waals surface area contributed by atoms with Crippen LogP contribution in [0.1, 0.15) is 30.1 Å². The van der Waals surface area contributed by atoms with E-state index < -0.39 is 0 Å². The highest BCUT2D eigenvalue weighted by Crippen LogP contribution is 2.32. The lowest BCUT2D eigenvalue weighted by Gasteiger charge is -2.13. The minimum Gasteiger partial charge on any atom is -0.369 e. The van der Waals surface area contributed by atoms with E-state index in [2.05, 4.69) is 0 Å². The van der Waals surface area contributed by atoms with Crippen LogP contribution in [0, 0.1) is 12.7 Å². The summed E-state index contributed by atoms with van der Waals surface area (Å²) in [4.78, 5) is 0. The van der Waals surface area contributed by atoms with Crippen LogP contribution < -0.4 is 5.73 Å². The van der Waals surface area contributed by atoms with Crippen molar-refractivity contribution in [1.82, 2.24) is 0 Å². The second-order valence-electron chi connectivity index (χ2n) is 4.07. The van der Waals surface area contributed by atoms with Crippen LogP contribution in [0.3, 0.4) is 0 Å². The predicted octanol–water partition coefficient (Wildman–Crippen LogP) is 2.31. The Morgan fingerprint density at radius 1 is 1.47 bits per heavy atom. The molecule has 82 valence electrons. The van der Waals surface area contributed by atoms with E-state index in [1.54, 1.807) is 19.1 Å². The number of ether oxygens (including phenoxy) is 1. The third-order valence-corrected chi connectivity index (χ3v) is 2.94. The summed E-state index contributed by atoms with van der Waals surface area (Å²) in [5, 5.41) is 0. The van der Waals surface area contributed by atoms with Crippen molar-refractivity contribution in [2.75, 3.05) is 6.54 Å². The molecule has 0 bridgehead atoms.